The molecule has 0 saturated heterocycles. The van der Waals surface area contributed by atoms with E-state index in [1.807, 2.05) is 0 Å². The minimum absolute atomic E-state index is 0.0371. The minimum atomic E-state index is -0.526. The van der Waals surface area contributed by atoms with Crippen molar-refractivity contribution in [3.05, 3.63) is 88.7 Å². The average Bonchev–Trinajstić information content (AvgIpc) is 2.78. The maximum absolute atomic E-state index is 14.4. The molecule has 1 aliphatic rings. The summed E-state index contributed by atoms with van der Waals surface area (Å²) in [7, 11) is 0. The van der Waals surface area contributed by atoms with Crippen molar-refractivity contribution in [2.24, 2.45) is 0 Å². The molecule has 4 aromatic rings. The molecule has 0 bridgehead atoms. The van der Waals surface area contributed by atoms with Gasteiger partial charge in [0.25, 0.3) is 0 Å². The number of fused-ring (bicyclic) bond motifs is 3. The molecule has 8 heteroatoms. The van der Waals surface area contributed by atoms with Crippen molar-refractivity contribution in [3.63, 3.8) is 0 Å². The van der Waals surface area contributed by atoms with E-state index in [1.54, 1.807) is 36.7 Å². The Bertz CT molecular complexity index is 1400. The van der Waals surface area contributed by atoms with E-state index < -0.39 is 11.6 Å². The van der Waals surface area contributed by atoms with Gasteiger partial charge < -0.3 is 0 Å². The molecule has 0 aliphatic carbocycles. The third kappa shape index (κ3) is 3.07. The summed E-state index contributed by atoms with van der Waals surface area (Å²) in [5.41, 5.74) is 2.58. The van der Waals surface area contributed by atoms with Crippen LogP contribution in [0.15, 0.2) is 65.8 Å². The van der Waals surface area contributed by atoms with Crippen LogP contribution in [0.5, 0.6) is 5.75 Å². The monoisotopic (exact) mass is 413 g/mol. The quantitative estimate of drug-likeness (QED) is 0.485. The molecule has 0 unspecified atom stereocenters. The first-order chi connectivity index (χ1) is 15.1. The Morgan fingerprint density at radius 2 is 1.94 bits per heavy atom. The van der Waals surface area contributed by atoms with Crippen LogP contribution >= 0.6 is 0 Å². The van der Waals surface area contributed by atoms with Crippen LogP contribution in [0.3, 0.4) is 0 Å². The Morgan fingerprint density at radius 3 is 2.71 bits per heavy atom. The molecule has 0 amide bonds. The molecule has 31 heavy (non-hydrogen) atoms. The molecule has 0 radical (unpaired) electrons. The molecular formula is C23H14BF2N3O2. The fourth-order valence-electron chi connectivity index (χ4n) is 3.81. The predicted molar refractivity (Wildman–Crippen MR) is 115 cm³/mol. The number of hydrogen-bond acceptors (Lipinski definition) is 4. The zero-order valence-corrected chi connectivity index (χ0v) is 16.2. The van der Waals surface area contributed by atoms with Gasteiger partial charge in [0.05, 0.1) is 0 Å². The second kappa shape index (κ2) is 7.39. The van der Waals surface area contributed by atoms with Crippen molar-refractivity contribution < 1.29 is 13.5 Å². The molecular weight excluding hydrogens is 399 g/mol. The van der Waals surface area contributed by atoms with Crippen molar-refractivity contribution >= 4 is 18.9 Å². The molecule has 4 heterocycles. The molecule has 0 N–H and O–H groups in total. The van der Waals surface area contributed by atoms with Crippen LogP contribution < -0.4 is 15.8 Å². The van der Waals surface area contributed by atoms with Crippen LogP contribution in [0, 0.1) is 11.6 Å². The Hall–Kier alpha value is -3.94. The maximum atomic E-state index is 14.4. The van der Waals surface area contributed by atoms with Gasteiger partial charge in [-0.15, -0.1) is 0 Å². The summed E-state index contributed by atoms with van der Waals surface area (Å²) in [4.78, 5) is 21.9. The second-order valence-electron chi connectivity index (χ2n) is 6.96. The van der Waals surface area contributed by atoms with Gasteiger partial charge in [-0.05, 0) is 0 Å². The van der Waals surface area contributed by atoms with Gasteiger partial charge in [-0.2, -0.15) is 0 Å². The Labute approximate surface area is 176 Å². The second-order valence-corrected chi connectivity index (χ2v) is 6.96. The molecule has 1 aliphatic heterocycles. The number of hydrogen-bond donors (Lipinski definition) is 0. The van der Waals surface area contributed by atoms with E-state index in [2.05, 4.69) is 16.4 Å². The van der Waals surface area contributed by atoms with Crippen molar-refractivity contribution in [2.75, 3.05) is 0 Å². The number of benzene rings is 1. The van der Waals surface area contributed by atoms with Crippen molar-refractivity contribution in [1.29, 1.82) is 0 Å². The van der Waals surface area contributed by atoms with Gasteiger partial charge in [0.15, 0.2) is 0 Å². The zero-order valence-electron chi connectivity index (χ0n) is 16.2. The van der Waals surface area contributed by atoms with Crippen LogP contribution in [0.1, 0.15) is 5.69 Å². The SMILES string of the molecule is C=Bc1c(F)cccc1-c1cc2c(n(-c3cccnc3)c1=O)COc1cc(F)cnc1-2. The zero-order chi connectivity index (χ0) is 21.5. The molecule has 5 rings (SSSR count). The van der Waals surface area contributed by atoms with Crippen LogP contribution in [0.25, 0.3) is 28.1 Å². The number of ether oxygens (including phenoxy) is 1. The summed E-state index contributed by atoms with van der Waals surface area (Å²) in [5.74, 6) is -0.735. The van der Waals surface area contributed by atoms with Gasteiger partial charge in [0.2, 0.25) is 0 Å². The third-order valence-electron chi connectivity index (χ3n) is 5.19. The average molecular weight is 413 g/mol. The van der Waals surface area contributed by atoms with Gasteiger partial charge >= 0.3 is 176 Å². The van der Waals surface area contributed by atoms with Gasteiger partial charge in [-0.25, -0.2) is 0 Å². The molecule has 0 saturated carbocycles. The van der Waals surface area contributed by atoms with Gasteiger partial charge in [0.1, 0.15) is 0 Å². The molecule has 150 valence electrons. The Morgan fingerprint density at radius 1 is 1.06 bits per heavy atom. The van der Waals surface area contributed by atoms with E-state index in [0.717, 1.165) is 6.20 Å². The number of halogens is 2. The summed E-state index contributed by atoms with van der Waals surface area (Å²) in [6, 6.07) is 10.9. The van der Waals surface area contributed by atoms with Crippen LogP contribution in [-0.4, -0.2) is 27.9 Å². The first-order valence-corrected chi connectivity index (χ1v) is 9.48. The fourth-order valence-corrected chi connectivity index (χ4v) is 3.81. The third-order valence-corrected chi connectivity index (χ3v) is 5.19. The summed E-state index contributed by atoms with van der Waals surface area (Å²) in [6.07, 6.45) is 4.25. The van der Waals surface area contributed by atoms with Crippen LogP contribution in [-0.2, 0) is 6.61 Å². The van der Waals surface area contributed by atoms with Gasteiger partial charge in [-0.3, -0.25) is 0 Å². The number of aromatic nitrogens is 3. The van der Waals surface area contributed by atoms with Gasteiger partial charge in [0, 0.05) is 0 Å². The van der Waals surface area contributed by atoms with Crippen molar-refractivity contribution in [1.82, 2.24) is 14.5 Å². The predicted octanol–water partition coefficient (Wildman–Crippen LogP) is 2.89. The first-order valence-electron chi connectivity index (χ1n) is 9.48. The van der Waals surface area contributed by atoms with E-state index in [0.29, 0.717) is 28.2 Å². The number of pyridine rings is 3. The molecule has 5 nitrogen and oxygen atoms in total. The first kappa shape index (κ1) is 19.1. The molecule has 0 spiro atoms. The molecule has 1 aromatic carbocycles. The standard InChI is InChI=1S/C23H14BF2N3O2/c1-24-21-15(5-2-6-18(21)26)16-9-17-19(12-31-20-8-13(25)10-28-22(17)20)29(23(16)30)14-4-3-7-27-11-14/h2-11H,1,12H2. The molecule has 0 atom stereocenters. The summed E-state index contributed by atoms with van der Waals surface area (Å²) < 4.78 is 35.3. The molecule has 0 fully saturated rings. The Balaban J connectivity index is 1.90. The van der Waals surface area contributed by atoms with Gasteiger partial charge in [-0.1, -0.05) is 0 Å². The van der Waals surface area contributed by atoms with E-state index in [1.165, 1.54) is 29.7 Å². The van der Waals surface area contributed by atoms with Crippen LogP contribution in [0.4, 0.5) is 8.78 Å². The number of rotatable bonds is 3. The van der Waals surface area contributed by atoms with Crippen LogP contribution in [0.2, 0.25) is 0 Å². The topological polar surface area (TPSA) is 57.0 Å². The summed E-state index contributed by atoms with van der Waals surface area (Å²) in [5, 5.41) is 0. The summed E-state index contributed by atoms with van der Waals surface area (Å²) >= 11 is 0. The summed E-state index contributed by atoms with van der Waals surface area (Å²) in [6.45, 7) is 5.10. The van der Waals surface area contributed by atoms with Crippen molar-refractivity contribution in [3.8, 4) is 33.8 Å². The van der Waals surface area contributed by atoms with E-state index in [4.69, 9.17) is 4.74 Å². The van der Waals surface area contributed by atoms with Crippen molar-refractivity contribution in [2.45, 2.75) is 6.61 Å². The number of nitrogens with zero attached hydrogens (tertiary/aromatic N) is 3. The van der Waals surface area contributed by atoms with E-state index in [-0.39, 0.29) is 28.9 Å². The van der Waals surface area contributed by atoms with E-state index in [9.17, 15) is 13.6 Å². The Kier molecular flexibility index (Phi) is 4.54. The normalized spacial score (nSPS) is 11.8. The fraction of sp³-hybridized carbons (Fsp3) is 0.0435. The molecule has 3 aromatic heterocycles. The van der Waals surface area contributed by atoms with E-state index >= 15 is 0 Å².